The first-order valence-corrected chi connectivity index (χ1v) is 7.11. The Morgan fingerprint density at radius 1 is 1.55 bits per heavy atom. The minimum absolute atomic E-state index is 0.128. The van der Waals surface area contributed by atoms with Crippen molar-refractivity contribution in [1.29, 1.82) is 0 Å². The molecule has 110 valence electrons. The molecule has 1 unspecified atom stereocenters. The molecule has 0 aromatic rings. The van der Waals surface area contributed by atoms with E-state index in [1.54, 1.807) is 0 Å². The zero-order valence-electron chi connectivity index (χ0n) is 11.0. The molecule has 1 fully saturated rings. The van der Waals surface area contributed by atoms with E-state index in [4.69, 9.17) is 4.74 Å². The summed E-state index contributed by atoms with van der Waals surface area (Å²) in [6.45, 7) is 2.61. The molecule has 0 radical (unpaired) electrons. The number of carbonyl (C=O) groups excluding carboxylic acids is 2. The highest BCUT2D eigenvalue weighted by molar-refractivity contribution is 8.00. The molecule has 2 aliphatic heterocycles. The number of β-lactam (4-membered cyclic amide) rings is 1. The monoisotopic (exact) mass is 301 g/mol. The number of carboxylic acids is 1. The third-order valence-corrected chi connectivity index (χ3v) is 4.62. The molecule has 0 saturated carbocycles. The molecule has 0 bridgehead atoms. The van der Waals surface area contributed by atoms with Crippen molar-refractivity contribution in [2.24, 2.45) is 5.92 Å². The van der Waals surface area contributed by atoms with Gasteiger partial charge in [0.05, 0.1) is 17.4 Å². The maximum absolute atomic E-state index is 12.0. The SMILES string of the molecule is CC(=O)OCC1=C(C(=O)O)N2C(=O)[C@@H](C(C)O)[C@H]2SC1. The fourth-order valence-electron chi connectivity index (χ4n) is 2.32. The van der Waals surface area contributed by atoms with Crippen molar-refractivity contribution in [3.8, 4) is 0 Å². The van der Waals surface area contributed by atoms with Gasteiger partial charge in [-0.1, -0.05) is 0 Å². The molecule has 3 atom stereocenters. The van der Waals surface area contributed by atoms with E-state index >= 15 is 0 Å². The summed E-state index contributed by atoms with van der Waals surface area (Å²) in [6, 6.07) is 0. The van der Waals surface area contributed by atoms with E-state index in [2.05, 4.69) is 0 Å². The number of aliphatic hydroxyl groups is 1. The van der Waals surface area contributed by atoms with Crippen LogP contribution in [-0.2, 0) is 19.1 Å². The summed E-state index contributed by atoms with van der Waals surface area (Å²) in [5, 5.41) is 18.5. The fraction of sp³-hybridized carbons (Fsp3) is 0.583. The molecule has 0 aromatic heterocycles. The maximum Gasteiger partial charge on any atom is 0.352 e. The van der Waals surface area contributed by atoms with Crippen LogP contribution in [0, 0.1) is 5.92 Å². The molecule has 2 N–H and O–H groups in total. The number of carbonyl (C=O) groups is 3. The summed E-state index contributed by atoms with van der Waals surface area (Å²) in [7, 11) is 0. The second kappa shape index (κ2) is 5.45. The van der Waals surface area contributed by atoms with Crippen LogP contribution in [0.1, 0.15) is 13.8 Å². The lowest BCUT2D eigenvalue weighted by Crippen LogP contribution is -2.64. The minimum Gasteiger partial charge on any atom is -0.477 e. The fourth-order valence-corrected chi connectivity index (χ4v) is 3.83. The Hall–Kier alpha value is -1.54. The van der Waals surface area contributed by atoms with Crippen molar-refractivity contribution in [2.75, 3.05) is 12.4 Å². The summed E-state index contributed by atoms with van der Waals surface area (Å²) >= 11 is 1.37. The molecule has 0 aliphatic carbocycles. The van der Waals surface area contributed by atoms with Gasteiger partial charge in [0.1, 0.15) is 12.3 Å². The molecule has 8 heteroatoms. The molecule has 20 heavy (non-hydrogen) atoms. The van der Waals surface area contributed by atoms with Crippen molar-refractivity contribution in [3.63, 3.8) is 0 Å². The lowest BCUT2D eigenvalue weighted by Gasteiger charge is -2.50. The van der Waals surface area contributed by atoms with Crippen LogP contribution in [-0.4, -0.2) is 56.8 Å². The third-order valence-electron chi connectivity index (χ3n) is 3.26. The summed E-state index contributed by atoms with van der Waals surface area (Å²) in [5.41, 5.74) is 0.267. The molecule has 0 spiro atoms. The lowest BCUT2D eigenvalue weighted by atomic mass is 9.91. The summed E-state index contributed by atoms with van der Waals surface area (Å²) in [6.07, 6.45) is -0.818. The predicted octanol–water partition coefficient (Wildman–Crippen LogP) is -0.200. The molecule has 1 saturated heterocycles. The summed E-state index contributed by atoms with van der Waals surface area (Å²) in [5.74, 6) is -2.37. The molecular weight excluding hydrogens is 286 g/mol. The molecule has 2 aliphatic rings. The van der Waals surface area contributed by atoms with E-state index in [9.17, 15) is 24.6 Å². The van der Waals surface area contributed by atoms with Crippen LogP contribution in [0.25, 0.3) is 0 Å². The molecular formula is C12H15NO6S. The quantitative estimate of drug-likeness (QED) is 0.547. The van der Waals surface area contributed by atoms with Crippen LogP contribution in [0.2, 0.25) is 0 Å². The predicted molar refractivity (Wildman–Crippen MR) is 69.6 cm³/mol. The van der Waals surface area contributed by atoms with Crippen molar-refractivity contribution in [1.82, 2.24) is 4.90 Å². The van der Waals surface area contributed by atoms with Crippen LogP contribution in [0.4, 0.5) is 0 Å². The number of carboxylic acid groups (broad SMARTS) is 1. The molecule has 2 heterocycles. The number of aliphatic hydroxyl groups excluding tert-OH is 1. The van der Waals surface area contributed by atoms with Crippen molar-refractivity contribution >= 4 is 29.6 Å². The number of aliphatic carboxylic acids is 1. The highest BCUT2D eigenvalue weighted by Crippen LogP contribution is 2.44. The van der Waals surface area contributed by atoms with E-state index in [1.165, 1.54) is 30.5 Å². The van der Waals surface area contributed by atoms with Gasteiger partial charge in [0.2, 0.25) is 5.91 Å². The normalized spacial score (nSPS) is 26.8. The number of fused-ring (bicyclic) bond motifs is 1. The Kier molecular flexibility index (Phi) is 4.05. The zero-order chi connectivity index (χ0) is 15.0. The van der Waals surface area contributed by atoms with Crippen LogP contribution in [0.15, 0.2) is 11.3 Å². The molecule has 1 amide bonds. The van der Waals surface area contributed by atoms with E-state index in [-0.39, 0.29) is 17.7 Å². The Bertz CT molecular complexity index is 500. The largest absolute Gasteiger partial charge is 0.477 e. The maximum atomic E-state index is 12.0. The first-order chi connectivity index (χ1) is 9.34. The smallest absolute Gasteiger partial charge is 0.352 e. The lowest BCUT2D eigenvalue weighted by molar-refractivity contribution is -0.157. The Labute approximate surface area is 119 Å². The van der Waals surface area contributed by atoms with Gasteiger partial charge in [0.25, 0.3) is 0 Å². The highest BCUT2D eigenvalue weighted by atomic mass is 32.2. The van der Waals surface area contributed by atoms with Crippen LogP contribution in [0.3, 0.4) is 0 Å². The van der Waals surface area contributed by atoms with Crippen LogP contribution < -0.4 is 0 Å². The average molecular weight is 301 g/mol. The topological polar surface area (TPSA) is 104 Å². The van der Waals surface area contributed by atoms with Crippen molar-refractivity contribution in [2.45, 2.75) is 25.3 Å². The van der Waals surface area contributed by atoms with E-state index < -0.39 is 29.9 Å². The van der Waals surface area contributed by atoms with Gasteiger partial charge in [0, 0.05) is 18.2 Å². The van der Waals surface area contributed by atoms with E-state index in [0.717, 1.165) is 0 Å². The number of nitrogens with zero attached hydrogens (tertiary/aromatic N) is 1. The van der Waals surface area contributed by atoms with Gasteiger partial charge in [-0.25, -0.2) is 4.79 Å². The minimum atomic E-state index is -1.23. The van der Waals surface area contributed by atoms with Crippen molar-refractivity contribution in [3.05, 3.63) is 11.3 Å². The Balaban J connectivity index is 2.26. The van der Waals surface area contributed by atoms with Gasteiger partial charge >= 0.3 is 11.9 Å². The first-order valence-electron chi connectivity index (χ1n) is 6.06. The molecule has 2 rings (SSSR count). The zero-order valence-corrected chi connectivity index (χ0v) is 11.8. The Morgan fingerprint density at radius 3 is 2.70 bits per heavy atom. The van der Waals surface area contributed by atoms with Gasteiger partial charge in [0.15, 0.2) is 0 Å². The number of amides is 1. The third kappa shape index (κ3) is 2.40. The number of esters is 1. The second-order valence-electron chi connectivity index (χ2n) is 4.71. The first kappa shape index (κ1) is 14.9. The van der Waals surface area contributed by atoms with Gasteiger partial charge < -0.3 is 14.9 Å². The second-order valence-corrected chi connectivity index (χ2v) is 5.82. The number of thioether (sulfide) groups is 1. The van der Waals surface area contributed by atoms with E-state index in [1.807, 2.05) is 0 Å². The number of hydrogen-bond donors (Lipinski definition) is 2. The number of rotatable bonds is 4. The number of hydrogen-bond acceptors (Lipinski definition) is 6. The van der Waals surface area contributed by atoms with Gasteiger partial charge in [-0.3, -0.25) is 14.5 Å². The number of ether oxygens (including phenoxy) is 1. The standard InChI is InChI=1S/C12H15NO6S/c1-5(14)8-10(16)13-9(12(17)18)7(3-19-6(2)15)4-20-11(8)13/h5,8,11,14H,3-4H2,1-2H3,(H,17,18)/t5?,8-,11-/m1/s1. The molecule has 0 aromatic carbocycles. The summed E-state index contributed by atoms with van der Waals surface area (Å²) < 4.78 is 4.82. The molecule has 7 nitrogen and oxygen atoms in total. The van der Waals surface area contributed by atoms with Crippen LogP contribution >= 0.6 is 11.8 Å². The average Bonchev–Trinajstić information content (AvgIpc) is 2.34. The Morgan fingerprint density at radius 2 is 2.20 bits per heavy atom. The summed E-state index contributed by atoms with van der Waals surface area (Å²) in [4.78, 5) is 35.3. The van der Waals surface area contributed by atoms with Gasteiger partial charge in [-0.15, -0.1) is 11.8 Å². The highest BCUT2D eigenvalue weighted by Gasteiger charge is 2.55. The van der Waals surface area contributed by atoms with Crippen molar-refractivity contribution < 1.29 is 29.3 Å². The van der Waals surface area contributed by atoms with E-state index in [0.29, 0.717) is 11.3 Å². The van der Waals surface area contributed by atoms with Crippen LogP contribution in [0.5, 0.6) is 0 Å². The van der Waals surface area contributed by atoms with Gasteiger partial charge in [-0.2, -0.15) is 0 Å². The van der Waals surface area contributed by atoms with Gasteiger partial charge in [-0.05, 0) is 6.92 Å².